The number of thiazole rings is 1. The molecule has 1 saturated heterocycles. The maximum Gasteiger partial charge on any atom is 0.224 e. The highest BCUT2D eigenvalue weighted by atomic mass is 32.1. The number of rotatable bonds is 4. The Bertz CT molecular complexity index is 1080. The third kappa shape index (κ3) is 3.00. The Kier molecular flexibility index (Phi) is 4.13. The third-order valence-corrected chi connectivity index (χ3v) is 6.40. The van der Waals surface area contributed by atoms with Gasteiger partial charge >= 0.3 is 0 Å². The van der Waals surface area contributed by atoms with Gasteiger partial charge in [0, 0.05) is 19.5 Å². The minimum absolute atomic E-state index is 0.120. The molecule has 0 radical (unpaired) electrons. The van der Waals surface area contributed by atoms with Crippen LogP contribution in [0.5, 0.6) is 0 Å². The molecule has 1 atom stereocenters. The number of amides is 1. The van der Waals surface area contributed by atoms with Gasteiger partial charge in [-0.3, -0.25) is 4.79 Å². The van der Waals surface area contributed by atoms with E-state index in [2.05, 4.69) is 15.6 Å². The van der Waals surface area contributed by atoms with E-state index in [1.807, 2.05) is 53.7 Å². The molecule has 1 amide bonds. The molecule has 2 aromatic carbocycles. The highest BCUT2D eigenvalue weighted by molar-refractivity contribution is 7.18. The van der Waals surface area contributed by atoms with Crippen LogP contribution >= 0.6 is 11.3 Å². The fourth-order valence-corrected chi connectivity index (χ4v) is 5.02. The molecule has 6 heteroatoms. The number of carbonyl (C=O) groups excluding carboxylic acids is 1. The molecule has 0 spiro atoms. The molecule has 1 aliphatic rings. The predicted octanol–water partition coefficient (Wildman–Crippen LogP) is 4.40. The number of hydrogen-bond acceptors (Lipinski definition) is 4. The van der Waals surface area contributed by atoms with Crippen LogP contribution in [0, 0.1) is 0 Å². The van der Waals surface area contributed by atoms with Crippen molar-refractivity contribution < 1.29 is 4.79 Å². The largest absolute Gasteiger partial charge is 0.333 e. The van der Waals surface area contributed by atoms with E-state index < -0.39 is 0 Å². The summed E-state index contributed by atoms with van der Waals surface area (Å²) in [5, 5.41) is 1.06. The zero-order valence-electron chi connectivity index (χ0n) is 14.9. The Morgan fingerprint density at radius 3 is 2.81 bits per heavy atom. The van der Waals surface area contributed by atoms with Crippen LogP contribution in [-0.4, -0.2) is 31.9 Å². The number of imidazole rings is 1. The predicted molar refractivity (Wildman–Crippen MR) is 108 cm³/mol. The summed E-state index contributed by atoms with van der Waals surface area (Å²) in [6, 6.07) is 16.3. The van der Waals surface area contributed by atoms with Crippen LogP contribution in [0.2, 0.25) is 0 Å². The molecule has 27 heavy (non-hydrogen) atoms. The van der Waals surface area contributed by atoms with Gasteiger partial charge in [0.2, 0.25) is 5.91 Å². The second kappa shape index (κ2) is 6.78. The minimum Gasteiger partial charge on any atom is -0.333 e. The number of fused-ring (bicyclic) bond motifs is 2. The van der Waals surface area contributed by atoms with Crippen molar-refractivity contribution in [3.8, 4) is 0 Å². The maximum absolute atomic E-state index is 12.9. The zero-order valence-corrected chi connectivity index (χ0v) is 15.7. The molecule has 136 valence electrons. The van der Waals surface area contributed by atoms with Crippen molar-refractivity contribution in [3.63, 3.8) is 0 Å². The van der Waals surface area contributed by atoms with Gasteiger partial charge in [-0.1, -0.05) is 24.3 Å². The van der Waals surface area contributed by atoms with Crippen LogP contribution < -0.4 is 0 Å². The molecule has 5 nitrogen and oxygen atoms in total. The lowest BCUT2D eigenvalue weighted by Crippen LogP contribution is -2.31. The van der Waals surface area contributed by atoms with E-state index in [-0.39, 0.29) is 11.9 Å². The van der Waals surface area contributed by atoms with E-state index in [1.54, 1.807) is 11.3 Å². The first kappa shape index (κ1) is 16.4. The van der Waals surface area contributed by atoms with Gasteiger partial charge in [0.1, 0.15) is 5.01 Å². The van der Waals surface area contributed by atoms with Gasteiger partial charge in [-0.2, -0.15) is 0 Å². The molecule has 1 aliphatic heterocycles. The summed E-state index contributed by atoms with van der Waals surface area (Å²) in [5.74, 6) is 0.203. The van der Waals surface area contributed by atoms with Crippen molar-refractivity contribution in [1.29, 1.82) is 0 Å². The lowest BCUT2D eigenvalue weighted by atomic mass is 10.2. The molecule has 1 fully saturated rings. The topological polar surface area (TPSA) is 51.0 Å². The summed E-state index contributed by atoms with van der Waals surface area (Å²) in [5.41, 5.74) is 3.08. The number of hydrogen-bond donors (Lipinski definition) is 0. The van der Waals surface area contributed by atoms with Gasteiger partial charge in [-0.05, 0) is 37.1 Å². The summed E-state index contributed by atoms with van der Waals surface area (Å²) < 4.78 is 3.26. The molecule has 5 rings (SSSR count). The summed E-state index contributed by atoms with van der Waals surface area (Å²) in [4.78, 5) is 24.2. The molecule has 0 saturated carbocycles. The highest BCUT2D eigenvalue weighted by Crippen LogP contribution is 2.36. The zero-order chi connectivity index (χ0) is 18.2. The minimum atomic E-state index is 0.120. The van der Waals surface area contributed by atoms with Crippen molar-refractivity contribution >= 4 is 38.5 Å². The van der Waals surface area contributed by atoms with Crippen molar-refractivity contribution in [3.05, 3.63) is 59.9 Å². The van der Waals surface area contributed by atoms with E-state index in [4.69, 9.17) is 4.98 Å². The number of likely N-dealkylation sites (tertiary alicyclic amines) is 1. The lowest BCUT2D eigenvalue weighted by molar-refractivity contribution is -0.132. The number of para-hydroxylation sites is 3. The van der Waals surface area contributed by atoms with Crippen LogP contribution in [0.15, 0.2) is 54.9 Å². The van der Waals surface area contributed by atoms with Gasteiger partial charge in [0.05, 0.1) is 33.6 Å². The summed E-state index contributed by atoms with van der Waals surface area (Å²) >= 11 is 1.71. The summed E-state index contributed by atoms with van der Waals surface area (Å²) in [6.45, 7) is 1.48. The van der Waals surface area contributed by atoms with Crippen LogP contribution in [0.3, 0.4) is 0 Å². The number of aryl methyl sites for hydroxylation is 1. The van der Waals surface area contributed by atoms with Crippen molar-refractivity contribution in [2.75, 3.05) is 6.54 Å². The molecule has 0 N–H and O–H groups in total. The van der Waals surface area contributed by atoms with Gasteiger partial charge in [-0.15, -0.1) is 11.3 Å². The van der Waals surface area contributed by atoms with Gasteiger partial charge in [0.15, 0.2) is 0 Å². The smallest absolute Gasteiger partial charge is 0.224 e. The van der Waals surface area contributed by atoms with Crippen LogP contribution in [0.1, 0.15) is 30.3 Å². The Morgan fingerprint density at radius 2 is 1.93 bits per heavy atom. The van der Waals surface area contributed by atoms with E-state index in [1.165, 1.54) is 4.70 Å². The molecule has 4 aromatic rings. The Hall–Kier alpha value is -2.73. The molecular formula is C21H20N4OS. The molecule has 2 aromatic heterocycles. The molecule has 1 unspecified atom stereocenters. The monoisotopic (exact) mass is 376 g/mol. The second-order valence-electron chi connectivity index (χ2n) is 6.94. The first-order chi connectivity index (χ1) is 13.3. The van der Waals surface area contributed by atoms with Crippen molar-refractivity contribution in [1.82, 2.24) is 19.4 Å². The quantitative estimate of drug-likeness (QED) is 0.530. The average molecular weight is 376 g/mol. The molecule has 3 heterocycles. The van der Waals surface area contributed by atoms with Gasteiger partial charge < -0.3 is 9.47 Å². The average Bonchev–Trinajstić information content (AvgIpc) is 3.43. The highest BCUT2D eigenvalue weighted by Gasteiger charge is 2.31. The fraction of sp³-hybridized carbons (Fsp3) is 0.286. The Morgan fingerprint density at radius 1 is 1.11 bits per heavy atom. The standard InChI is InChI=1S/C21H20N4OS/c26-20(11-13-24-14-22-15-6-1-3-8-17(15)24)25-12-5-9-18(25)21-23-16-7-2-4-10-19(16)27-21/h1-4,6-8,10,14,18H,5,9,11-13H2. The summed E-state index contributed by atoms with van der Waals surface area (Å²) in [6.07, 6.45) is 4.36. The van der Waals surface area contributed by atoms with Crippen LogP contribution in [0.4, 0.5) is 0 Å². The van der Waals surface area contributed by atoms with Gasteiger partial charge in [0.25, 0.3) is 0 Å². The van der Waals surface area contributed by atoms with E-state index in [0.717, 1.165) is 40.9 Å². The Balaban J connectivity index is 1.33. The SMILES string of the molecule is O=C(CCn1cnc2ccccc21)N1CCCC1c1nc2ccccc2s1. The molecular weight excluding hydrogens is 356 g/mol. The van der Waals surface area contributed by atoms with E-state index in [9.17, 15) is 4.79 Å². The molecule has 0 aliphatic carbocycles. The third-order valence-electron chi connectivity index (χ3n) is 5.26. The summed E-state index contributed by atoms with van der Waals surface area (Å²) in [7, 11) is 0. The fourth-order valence-electron chi connectivity index (χ4n) is 3.90. The second-order valence-corrected chi connectivity index (χ2v) is 8.00. The van der Waals surface area contributed by atoms with Crippen molar-refractivity contribution in [2.24, 2.45) is 0 Å². The number of benzene rings is 2. The van der Waals surface area contributed by atoms with E-state index >= 15 is 0 Å². The first-order valence-corrected chi connectivity index (χ1v) is 10.2. The molecule has 0 bridgehead atoms. The number of carbonyl (C=O) groups is 1. The van der Waals surface area contributed by atoms with E-state index in [0.29, 0.717) is 13.0 Å². The Labute approximate surface area is 161 Å². The van der Waals surface area contributed by atoms with Crippen LogP contribution in [0.25, 0.3) is 21.3 Å². The first-order valence-electron chi connectivity index (χ1n) is 9.34. The number of aromatic nitrogens is 3. The normalized spacial score (nSPS) is 17.2. The van der Waals surface area contributed by atoms with Crippen molar-refractivity contribution in [2.45, 2.75) is 31.8 Å². The maximum atomic E-state index is 12.9. The van der Waals surface area contributed by atoms with Gasteiger partial charge in [-0.25, -0.2) is 9.97 Å². The number of nitrogens with zero attached hydrogens (tertiary/aromatic N) is 4. The van der Waals surface area contributed by atoms with Crippen LogP contribution in [-0.2, 0) is 11.3 Å². The lowest BCUT2D eigenvalue weighted by Gasteiger charge is -2.23.